The van der Waals surface area contributed by atoms with E-state index in [-0.39, 0.29) is 34.9 Å². The Labute approximate surface area is 204 Å². The number of amides is 1. The van der Waals surface area contributed by atoms with Gasteiger partial charge >= 0.3 is 0 Å². The van der Waals surface area contributed by atoms with Gasteiger partial charge in [0.1, 0.15) is 11.5 Å². The summed E-state index contributed by atoms with van der Waals surface area (Å²) in [5.74, 6) is 0.801. The number of nitrogens with one attached hydrogen (secondary N) is 1. The summed E-state index contributed by atoms with van der Waals surface area (Å²) in [7, 11) is 3.06. The predicted molar refractivity (Wildman–Crippen MR) is 131 cm³/mol. The van der Waals surface area contributed by atoms with Crippen molar-refractivity contribution in [2.24, 2.45) is 0 Å². The van der Waals surface area contributed by atoms with Crippen LogP contribution in [0.2, 0.25) is 5.02 Å². The summed E-state index contributed by atoms with van der Waals surface area (Å²) >= 11 is 7.42. The number of fused-ring (bicyclic) bond motifs is 1. The summed E-state index contributed by atoms with van der Waals surface area (Å²) < 4.78 is 11.9. The molecule has 2 heterocycles. The Morgan fingerprint density at radius 1 is 1.09 bits per heavy atom. The van der Waals surface area contributed by atoms with Crippen molar-refractivity contribution in [2.75, 3.05) is 25.3 Å². The number of hydrogen-bond donors (Lipinski definition) is 1. The maximum absolute atomic E-state index is 13.2. The third-order valence-electron chi connectivity index (χ3n) is 4.81. The number of carbonyl (C=O) groups excluding carboxylic acids is 1. The van der Waals surface area contributed by atoms with Crippen LogP contribution < -0.4 is 20.3 Å². The van der Waals surface area contributed by atoms with Crippen LogP contribution in [0.4, 0.5) is 5.69 Å². The number of methoxy groups -OCH3 is 2. The zero-order valence-electron chi connectivity index (χ0n) is 18.3. The Balaban J connectivity index is 1.60. The van der Waals surface area contributed by atoms with E-state index in [2.05, 4.69) is 20.3 Å². The van der Waals surface area contributed by atoms with Crippen molar-refractivity contribution in [1.29, 1.82) is 0 Å². The van der Waals surface area contributed by atoms with Crippen molar-refractivity contribution in [3.05, 3.63) is 75.8 Å². The average molecular weight is 498 g/mol. The quantitative estimate of drug-likeness (QED) is 0.290. The predicted octanol–water partition coefficient (Wildman–Crippen LogP) is 3.64. The fourth-order valence-electron chi connectivity index (χ4n) is 3.18. The Morgan fingerprint density at radius 3 is 2.50 bits per heavy atom. The van der Waals surface area contributed by atoms with Gasteiger partial charge in [-0.3, -0.25) is 14.2 Å². The highest BCUT2D eigenvalue weighted by atomic mass is 35.5. The molecule has 4 aromatic rings. The smallest absolute Gasteiger partial charge is 0.282 e. The van der Waals surface area contributed by atoms with Crippen LogP contribution >= 0.6 is 23.4 Å². The van der Waals surface area contributed by atoms with Crippen molar-refractivity contribution in [1.82, 2.24) is 19.5 Å². The SMILES string of the molecule is COc1cc(NC(=O)CSc2nc3nccnc3c(=O)n2Cc2ccccc2Cl)cc(OC)c1. The van der Waals surface area contributed by atoms with Gasteiger partial charge in [0, 0.05) is 41.3 Å². The van der Waals surface area contributed by atoms with Crippen LogP contribution in [0, 0.1) is 0 Å². The molecular weight excluding hydrogens is 478 g/mol. The third-order valence-corrected chi connectivity index (χ3v) is 6.16. The molecule has 0 saturated carbocycles. The molecule has 0 saturated heterocycles. The van der Waals surface area contributed by atoms with Gasteiger partial charge in [-0.25, -0.2) is 15.0 Å². The van der Waals surface area contributed by atoms with Gasteiger partial charge < -0.3 is 14.8 Å². The number of ether oxygens (including phenoxy) is 2. The van der Waals surface area contributed by atoms with Gasteiger partial charge in [-0.15, -0.1) is 0 Å². The van der Waals surface area contributed by atoms with Gasteiger partial charge in [0.25, 0.3) is 5.56 Å². The van der Waals surface area contributed by atoms with Gasteiger partial charge in [0.05, 0.1) is 26.5 Å². The summed E-state index contributed by atoms with van der Waals surface area (Å²) in [4.78, 5) is 38.6. The van der Waals surface area contributed by atoms with Crippen molar-refractivity contribution >= 4 is 46.1 Å². The molecule has 2 aromatic heterocycles. The first-order valence-electron chi connectivity index (χ1n) is 10.1. The first kappa shape index (κ1) is 23.5. The van der Waals surface area contributed by atoms with E-state index in [0.717, 1.165) is 17.3 Å². The number of aromatic nitrogens is 4. The molecule has 0 unspecified atom stereocenters. The monoisotopic (exact) mass is 497 g/mol. The molecule has 9 nitrogen and oxygen atoms in total. The second kappa shape index (κ2) is 10.5. The highest BCUT2D eigenvalue weighted by molar-refractivity contribution is 7.99. The van der Waals surface area contributed by atoms with Crippen LogP contribution in [0.25, 0.3) is 11.2 Å². The molecule has 0 fully saturated rings. The number of benzene rings is 2. The van der Waals surface area contributed by atoms with E-state index in [9.17, 15) is 9.59 Å². The van der Waals surface area contributed by atoms with E-state index < -0.39 is 0 Å². The van der Waals surface area contributed by atoms with E-state index >= 15 is 0 Å². The molecule has 0 spiro atoms. The number of anilines is 1. The molecule has 11 heteroatoms. The third kappa shape index (κ3) is 5.29. The minimum Gasteiger partial charge on any atom is -0.497 e. The molecule has 1 amide bonds. The topological polar surface area (TPSA) is 108 Å². The standard InChI is InChI=1S/C23H20ClN5O4S/c1-32-16-9-15(10-17(11-16)33-2)27-19(30)13-34-23-28-21-20(25-7-8-26-21)22(31)29(23)12-14-5-3-4-6-18(14)24/h3-11H,12-13H2,1-2H3,(H,27,30). The minimum absolute atomic E-state index is 0.000254. The lowest BCUT2D eigenvalue weighted by molar-refractivity contribution is -0.113. The summed E-state index contributed by atoms with van der Waals surface area (Å²) in [5, 5.41) is 3.66. The first-order valence-corrected chi connectivity index (χ1v) is 11.5. The first-order chi connectivity index (χ1) is 16.5. The second-order valence-corrected chi connectivity index (χ2v) is 8.39. The van der Waals surface area contributed by atoms with Crippen LogP contribution in [0.5, 0.6) is 11.5 Å². The summed E-state index contributed by atoms with van der Waals surface area (Å²) in [6.07, 6.45) is 2.90. The molecule has 0 aliphatic carbocycles. The zero-order valence-corrected chi connectivity index (χ0v) is 19.9. The van der Waals surface area contributed by atoms with Crippen LogP contribution in [0.1, 0.15) is 5.56 Å². The van der Waals surface area contributed by atoms with Gasteiger partial charge in [-0.1, -0.05) is 41.6 Å². The van der Waals surface area contributed by atoms with Crippen LogP contribution in [-0.4, -0.2) is 45.4 Å². The van der Waals surface area contributed by atoms with Crippen LogP contribution in [0.3, 0.4) is 0 Å². The number of rotatable bonds is 8. The molecule has 0 radical (unpaired) electrons. The number of hydrogen-bond acceptors (Lipinski definition) is 8. The van der Waals surface area contributed by atoms with Crippen LogP contribution in [0.15, 0.2) is 64.8 Å². The van der Waals surface area contributed by atoms with Crippen molar-refractivity contribution in [3.63, 3.8) is 0 Å². The summed E-state index contributed by atoms with van der Waals surface area (Å²) in [6.45, 7) is 0.176. The number of halogens is 1. The van der Waals surface area contributed by atoms with E-state index in [4.69, 9.17) is 21.1 Å². The zero-order chi connectivity index (χ0) is 24.1. The van der Waals surface area contributed by atoms with Gasteiger partial charge in [-0.2, -0.15) is 0 Å². The van der Waals surface area contributed by atoms with Crippen molar-refractivity contribution in [2.45, 2.75) is 11.7 Å². The number of nitrogens with zero attached hydrogens (tertiary/aromatic N) is 4. The highest BCUT2D eigenvalue weighted by Gasteiger charge is 2.16. The van der Waals surface area contributed by atoms with E-state index in [1.165, 1.54) is 31.2 Å². The van der Waals surface area contributed by atoms with Crippen LogP contribution in [-0.2, 0) is 11.3 Å². The number of carbonyl (C=O) groups is 1. The lowest BCUT2D eigenvalue weighted by atomic mass is 10.2. The average Bonchev–Trinajstić information content (AvgIpc) is 2.85. The summed E-state index contributed by atoms with van der Waals surface area (Å²) in [6, 6.07) is 12.3. The molecule has 4 rings (SSSR count). The Bertz CT molecular complexity index is 1390. The Hall–Kier alpha value is -3.63. The molecule has 1 N–H and O–H groups in total. The van der Waals surface area contributed by atoms with Gasteiger partial charge in [0.2, 0.25) is 5.91 Å². The molecule has 0 aliphatic heterocycles. The van der Waals surface area contributed by atoms with E-state index in [1.807, 2.05) is 18.2 Å². The molecule has 0 aliphatic rings. The molecule has 2 aromatic carbocycles. The van der Waals surface area contributed by atoms with E-state index in [1.54, 1.807) is 24.3 Å². The van der Waals surface area contributed by atoms with Gasteiger partial charge in [0.15, 0.2) is 16.3 Å². The highest BCUT2D eigenvalue weighted by Crippen LogP contribution is 2.26. The van der Waals surface area contributed by atoms with Gasteiger partial charge in [-0.05, 0) is 11.6 Å². The lowest BCUT2D eigenvalue weighted by Crippen LogP contribution is -2.26. The normalized spacial score (nSPS) is 10.8. The lowest BCUT2D eigenvalue weighted by Gasteiger charge is -2.13. The molecule has 0 bridgehead atoms. The fraction of sp³-hybridized carbons (Fsp3) is 0.174. The van der Waals surface area contributed by atoms with Crippen molar-refractivity contribution < 1.29 is 14.3 Å². The largest absolute Gasteiger partial charge is 0.497 e. The Kier molecular flexibility index (Phi) is 7.29. The maximum atomic E-state index is 13.2. The van der Waals surface area contributed by atoms with E-state index in [0.29, 0.717) is 27.4 Å². The molecule has 174 valence electrons. The second-order valence-electron chi connectivity index (χ2n) is 7.04. The molecular formula is C23H20ClN5O4S. The summed E-state index contributed by atoms with van der Waals surface area (Å²) in [5.41, 5.74) is 1.26. The molecule has 34 heavy (non-hydrogen) atoms. The number of thioether (sulfide) groups is 1. The fourth-order valence-corrected chi connectivity index (χ4v) is 4.16. The van der Waals surface area contributed by atoms with Crippen molar-refractivity contribution in [3.8, 4) is 11.5 Å². The molecule has 0 atom stereocenters. The Morgan fingerprint density at radius 2 is 1.79 bits per heavy atom. The minimum atomic E-state index is -0.363. The maximum Gasteiger partial charge on any atom is 0.282 e.